The lowest BCUT2D eigenvalue weighted by Gasteiger charge is -2.06. The lowest BCUT2D eigenvalue weighted by molar-refractivity contribution is 0.550. The van der Waals surface area contributed by atoms with Crippen molar-refractivity contribution in [2.45, 2.75) is 51.4 Å². The monoisotopic (exact) mass is 388 g/mol. The summed E-state index contributed by atoms with van der Waals surface area (Å²) in [5.41, 5.74) is 2.36. The van der Waals surface area contributed by atoms with Gasteiger partial charge in [-0.25, -0.2) is 8.78 Å². The Hall–Kier alpha value is -1.78. The molecule has 2 nitrogen and oxygen atoms in total. The molecule has 154 valence electrons. The molecule has 0 heterocycles. The standard InChI is InChI=1S/C24H34F2N2/c25-23-11-7-21(8-12-23)15-19-27-17-5-3-1-2-4-6-18-28-20-16-22-9-13-24(26)14-10-22/h7-14,27-28H,1-6,15-20H2. The van der Waals surface area contributed by atoms with Crippen molar-refractivity contribution in [2.24, 2.45) is 0 Å². The van der Waals surface area contributed by atoms with Gasteiger partial charge >= 0.3 is 0 Å². The van der Waals surface area contributed by atoms with Crippen LogP contribution in [0.1, 0.15) is 49.7 Å². The minimum Gasteiger partial charge on any atom is -0.316 e. The molecule has 0 aliphatic rings. The zero-order chi connectivity index (χ0) is 19.9. The first-order chi connectivity index (χ1) is 13.7. The zero-order valence-electron chi connectivity index (χ0n) is 16.9. The van der Waals surface area contributed by atoms with Crippen molar-refractivity contribution in [1.29, 1.82) is 0 Å². The minimum atomic E-state index is -0.169. The number of benzene rings is 2. The number of hydrogen-bond donors (Lipinski definition) is 2. The Morgan fingerprint density at radius 2 is 0.821 bits per heavy atom. The Morgan fingerprint density at radius 3 is 1.21 bits per heavy atom. The van der Waals surface area contributed by atoms with E-state index in [1.54, 1.807) is 0 Å². The highest BCUT2D eigenvalue weighted by molar-refractivity contribution is 5.16. The molecule has 2 aromatic rings. The molecule has 0 aliphatic heterocycles. The number of rotatable bonds is 15. The lowest BCUT2D eigenvalue weighted by atomic mass is 10.1. The van der Waals surface area contributed by atoms with E-state index in [-0.39, 0.29) is 11.6 Å². The van der Waals surface area contributed by atoms with Crippen LogP contribution in [0.15, 0.2) is 48.5 Å². The van der Waals surface area contributed by atoms with E-state index in [2.05, 4.69) is 10.6 Å². The molecule has 0 bridgehead atoms. The lowest BCUT2D eigenvalue weighted by Crippen LogP contribution is -2.18. The zero-order valence-corrected chi connectivity index (χ0v) is 16.9. The fraction of sp³-hybridized carbons (Fsp3) is 0.500. The van der Waals surface area contributed by atoms with Crippen LogP contribution < -0.4 is 10.6 Å². The van der Waals surface area contributed by atoms with Crippen LogP contribution in [0, 0.1) is 11.6 Å². The SMILES string of the molecule is Fc1ccc(CCNCCCCCCCCNCCc2ccc(F)cc2)cc1. The molecule has 0 radical (unpaired) electrons. The van der Waals surface area contributed by atoms with Crippen molar-refractivity contribution >= 4 is 0 Å². The summed E-state index contributed by atoms with van der Waals surface area (Å²) < 4.78 is 25.7. The van der Waals surface area contributed by atoms with Crippen LogP contribution in [0.5, 0.6) is 0 Å². The van der Waals surface area contributed by atoms with Crippen molar-refractivity contribution in [3.8, 4) is 0 Å². The van der Waals surface area contributed by atoms with Gasteiger partial charge in [-0.3, -0.25) is 0 Å². The summed E-state index contributed by atoms with van der Waals surface area (Å²) in [6.07, 6.45) is 9.51. The summed E-state index contributed by atoms with van der Waals surface area (Å²) in [6, 6.07) is 13.5. The maximum Gasteiger partial charge on any atom is 0.123 e. The van der Waals surface area contributed by atoms with E-state index in [1.807, 2.05) is 24.3 Å². The van der Waals surface area contributed by atoms with Crippen LogP contribution >= 0.6 is 0 Å². The van der Waals surface area contributed by atoms with Crippen molar-refractivity contribution in [2.75, 3.05) is 26.2 Å². The minimum absolute atomic E-state index is 0.169. The van der Waals surface area contributed by atoms with Crippen molar-refractivity contribution < 1.29 is 8.78 Å². The quantitative estimate of drug-likeness (QED) is 0.406. The fourth-order valence-electron chi connectivity index (χ4n) is 3.22. The number of halogens is 2. The highest BCUT2D eigenvalue weighted by Crippen LogP contribution is 2.06. The number of unbranched alkanes of at least 4 members (excludes halogenated alkanes) is 5. The summed E-state index contributed by atoms with van der Waals surface area (Å²) >= 11 is 0. The van der Waals surface area contributed by atoms with Crippen molar-refractivity contribution in [1.82, 2.24) is 10.6 Å². The summed E-state index contributed by atoms with van der Waals surface area (Å²) in [7, 11) is 0. The van der Waals surface area contributed by atoms with E-state index in [9.17, 15) is 8.78 Å². The first kappa shape index (κ1) is 22.5. The molecule has 28 heavy (non-hydrogen) atoms. The second-order valence-corrected chi connectivity index (χ2v) is 7.37. The van der Waals surface area contributed by atoms with Gasteiger partial charge < -0.3 is 10.6 Å². The highest BCUT2D eigenvalue weighted by atomic mass is 19.1. The first-order valence-corrected chi connectivity index (χ1v) is 10.6. The maximum atomic E-state index is 12.8. The molecular formula is C24H34F2N2. The average Bonchev–Trinajstić information content (AvgIpc) is 2.71. The largest absolute Gasteiger partial charge is 0.316 e. The van der Waals surface area contributed by atoms with Gasteiger partial charge in [-0.05, 0) is 87.3 Å². The van der Waals surface area contributed by atoms with Gasteiger partial charge in [-0.15, -0.1) is 0 Å². The smallest absolute Gasteiger partial charge is 0.123 e. The molecule has 0 fully saturated rings. The Bertz CT molecular complexity index is 569. The van der Waals surface area contributed by atoms with Crippen LogP contribution in [-0.2, 0) is 12.8 Å². The van der Waals surface area contributed by atoms with Crippen molar-refractivity contribution in [3.05, 3.63) is 71.3 Å². The Balaban J connectivity index is 1.30. The predicted molar refractivity (Wildman–Crippen MR) is 114 cm³/mol. The van der Waals surface area contributed by atoms with Gasteiger partial charge in [-0.2, -0.15) is 0 Å². The van der Waals surface area contributed by atoms with Gasteiger partial charge in [-0.1, -0.05) is 49.9 Å². The van der Waals surface area contributed by atoms with Gasteiger partial charge in [0.2, 0.25) is 0 Å². The van der Waals surface area contributed by atoms with E-state index >= 15 is 0 Å². The van der Waals surface area contributed by atoms with E-state index < -0.39 is 0 Å². The third kappa shape index (κ3) is 10.5. The summed E-state index contributed by atoms with van der Waals surface area (Å²) in [4.78, 5) is 0. The van der Waals surface area contributed by atoms with Gasteiger partial charge in [0.1, 0.15) is 11.6 Å². The molecule has 0 saturated carbocycles. The van der Waals surface area contributed by atoms with Gasteiger partial charge in [0, 0.05) is 0 Å². The fourth-order valence-corrected chi connectivity index (χ4v) is 3.22. The first-order valence-electron chi connectivity index (χ1n) is 10.6. The van der Waals surface area contributed by atoms with E-state index in [0.29, 0.717) is 0 Å². The third-order valence-electron chi connectivity index (χ3n) is 4.96. The molecule has 0 amide bonds. The average molecular weight is 389 g/mol. The molecule has 2 N–H and O–H groups in total. The maximum absolute atomic E-state index is 12.8. The molecule has 0 saturated heterocycles. The molecule has 0 aliphatic carbocycles. The van der Waals surface area contributed by atoms with Crippen LogP contribution in [0.25, 0.3) is 0 Å². The highest BCUT2D eigenvalue weighted by Gasteiger charge is 1.96. The Kier molecular flexibility index (Phi) is 11.5. The summed E-state index contributed by atoms with van der Waals surface area (Å²) in [5, 5.41) is 6.93. The van der Waals surface area contributed by atoms with Crippen molar-refractivity contribution in [3.63, 3.8) is 0 Å². The second kappa shape index (κ2) is 14.3. The van der Waals surface area contributed by atoms with Crippen LogP contribution in [0.2, 0.25) is 0 Å². The number of hydrogen-bond acceptors (Lipinski definition) is 2. The predicted octanol–water partition coefficient (Wildman–Crippen LogP) is 5.27. The number of nitrogens with one attached hydrogen (secondary N) is 2. The van der Waals surface area contributed by atoms with Gasteiger partial charge in [0.25, 0.3) is 0 Å². The van der Waals surface area contributed by atoms with Gasteiger partial charge in [0.15, 0.2) is 0 Å². The third-order valence-corrected chi connectivity index (χ3v) is 4.96. The van der Waals surface area contributed by atoms with Crippen LogP contribution in [-0.4, -0.2) is 26.2 Å². The van der Waals surface area contributed by atoms with E-state index in [4.69, 9.17) is 0 Å². The molecule has 2 aromatic carbocycles. The molecule has 0 aromatic heterocycles. The molecular weight excluding hydrogens is 354 g/mol. The molecule has 4 heteroatoms. The summed E-state index contributed by atoms with van der Waals surface area (Å²) in [5.74, 6) is -0.338. The van der Waals surface area contributed by atoms with Gasteiger partial charge in [0.05, 0.1) is 0 Å². The van der Waals surface area contributed by atoms with Crippen LogP contribution in [0.4, 0.5) is 8.78 Å². The Morgan fingerprint density at radius 1 is 0.464 bits per heavy atom. The van der Waals surface area contributed by atoms with E-state index in [0.717, 1.165) is 39.0 Å². The topological polar surface area (TPSA) is 24.1 Å². The van der Waals surface area contributed by atoms with Crippen LogP contribution in [0.3, 0.4) is 0 Å². The van der Waals surface area contributed by atoms with E-state index in [1.165, 1.54) is 73.9 Å². The molecule has 0 unspecified atom stereocenters. The summed E-state index contributed by atoms with van der Waals surface area (Å²) in [6.45, 7) is 4.03. The molecule has 2 rings (SSSR count). The molecule has 0 atom stereocenters. The normalized spacial score (nSPS) is 11.1. The molecule has 0 spiro atoms. The second-order valence-electron chi connectivity index (χ2n) is 7.37. The Labute approximate surface area is 168 Å².